The highest BCUT2D eigenvalue weighted by Gasteiger charge is 2.31. The number of hydrogen-bond donors (Lipinski definition) is 1. The summed E-state index contributed by atoms with van der Waals surface area (Å²) in [4.78, 5) is 37.8. The van der Waals surface area contributed by atoms with Crippen molar-refractivity contribution >= 4 is 29.2 Å². The number of carbonyl (C=O) groups is 3. The molecule has 1 saturated carbocycles. The number of para-hydroxylation sites is 2. The molecule has 1 aromatic rings. The number of carbonyl (C=O) groups excluding carboxylic acids is 3. The number of amides is 2. The summed E-state index contributed by atoms with van der Waals surface area (Å²) in [6, 6.07) is 6.85. The Balaban J connectivity index is 1.75. The Hall–Kier alpha value is -2.37. The highest BCUT2D eigenvalue weighted by molar-refractivity contribution is 6.05. The van der Waals surface area contributed by atoms with Gasteiger partial charge in [-0.15, -0.1) is 0 Å². The SMILES string of the molecule is C[C@@H]1CC(=O)Nc2ccccc2N1C(=O)COC(=O)C1CCC1. The molecule has 0 saturated heterocycles. The highest BCUT2D eigenvalue weighted by Crippen LogP contribution is 2.31. The molecule has 0 spiro atoms. The number of esters is 1. The number of nitrogens with zero attached hydrogens (tertiary/aromatic N) is 1. The van der Waals surface area contributed by atoms with E-state index in [2.05, 4.69) is 5.32 Å². The van der Waals surface area contributed by atoms with Crippen LogP contribution < -0.4 is 10.2 Å². The molecule has 2 aliphatic rings. The van der Waals surface area contributed by atoms with Crippen molar-refractivity contribution in [1.29, 1.82) is 0 Å². The van der Waals surface area contributed by atoms with E-state index in [1.165, 1.54) is 0 Å². The zero-order chi connectivity index (χ0) is 16.4. The van der Waals surface area contributed by atoms with Crippen molar-refractivity contribution < 1.29 is 19.1 Å². The quantitative estimate of drug-likeness (QED) is 0.866. The lowest BCUT2D eigenvalue weighted by Crippen LogP contribution is -2.42. The van der Waals surface area contributed by atoms with Gasteiger partial charge in [0.1, 0.15) is 0 Å². The van der Waals surface area contributed by atoms with Crippen molar-refractivity contribution in [3.05, 3.63) is 24.3 Å². The van der Waals surface area contributed by atoms with Crippen LogP contribution in [0.15, 0.2) is 24.3 Å². The second kappa shape index (κ2) is 6.40. The van der Waals surface area contributed by atoms with Crippen LogP contribution in [0.4, 0.5) is 11.4 Å². The number of nitrogens with one attached hydrogen (secondary N) is 1. The molecule has 1 aliphatic heterocycles. The minimum atomic E-state index is -0.311. The van der Waals surface area contributed by atoms with Crippen LogP contribution in [0.2, 0.25) is 0 Å². The third-order valence-corrected chi connectivity index (χ3v) is 4.40. The van der Waals surface area contributed by atoms with Crippen molar-refractivity contribution in [2.75, 3.05) is 16.8 Å². The van der Waals surface area contributed by atoms with Gasteiger partial charge in [0.15, 0.2) is 6.61 Å². The molecule has 1 heterocycles. The number of rotatable bonds is 3. The smallest absolute Gasteiger partial charge is 0.309 e. The monoisotopic (exact) mass is 316 g/mol. The molecule has 1 N–H and O–H groups in total. The Morgan fingerprint density at radius 3 is 2.74 bits per heavy atom. The summed E-state index contributed by atoms with van der Waals surface area (Å²) in [6.07, 6.45) is 2.93. The molecule has 6 heteroatoms. The number of anilines is 2. The molecule has 0 aromatic heterocycles. The zero-order valence-corrected chi connectivity index (χ0v) is 13.1. The number of fused-ring (bicyclic) bond motifs is 1. The predicted molar refractivity (Wildman–Crippen MR) is 84.9 cm³/mol. The van der Waals surface area contributed by atoms with E-state index >= 15 is 0 Å². The summed E-state index contributed by atoms with van der Waals surface area (Å²) in [5.74, 6) is -0.796. The van der Waals surface area contributed by atoms with Gasteiger partial charge < -0.3 is 15.0 Å². The van der Waals surface area contributed by atoms with Crippen molar-refractivity contribution in [2.24, 2.45) is 5.92 Å². The van der Waals surface area contributed by atoms with Crippen LogP contribution in [0, 0.1) is 5.92 Å². The fourth-order valence-electron chi connectivity index (χ4n) is 2.93. The van der Waals surface area contributed by atoms with Gasteiger partial charge in [0.05, 0.1) is 17.3 Å². The highest BCUT2D eigenvalue weighted by atomic mass is 16.5. The van der Waals surface area contributed by atoms with Gasteiger partial charge in [-0.25, -0.2) is 0 Å². The first-order valence-electron chi connectivity index (χ1n) is 7.94. The molecular formula is C17H20N2O4. The standard InChI is InChI=1S/C17H20N2O4/c1-11-9-15(20)18-13-7-2-3-8-14(13)19(11)16(21)10-23-17(22)12-5-4-6-12/h2-3,7-8,11-12H,4-6,9-10H2,1H3,(H,18,20)/t11-/m1/s1. The van der Waals surface area contributed by atoms with E-state index in [4.69, 9.17) is 4.74 Å². The van der Waals surface area contributed by atoms with E-state index in [1.807, 2.05) is 13.0 Å². The lowest BCUT2D eigenvalue weighted by atomic mass is 9.86. The Morgan fingerprint density at radius 2 is 2.04 bits per heavy atom. The second-order valence-corrected chi connectivity index (χ2v) is 6.12. The first-order valence-corrected chi connectivity index (χ1v) is 7.94. The third-order valence-electron chi connectivity index (χ3n) is 4.40. The molecule has 1 atom stereocenters. The van der Waals surface area contributed by atoms with Crippen LogP contribution in [0.3, 0.4) is 0 Å². The number of benzene rings is 1. The lowest BCUT2D eigenvalue weighted by Gasteiger charge is -2.28. The topological polar surface area (TPSA) is 75.7 Å². The van der Waals surface area contributed by atoms with Gasteiger partial charge >= 0.3 is 5.97 Å². The van der Waals surface area contributed by atoms with Gasteiger partial charge in [-0.1, -0.05) is 18.6 Å². The van der Waals surface area contributed by atoms with E-state index in [9.17, 15) is 14.4 Å². The van der Waals surface area contributed by atoms with Gasteiger partial charge in [0.25, 0.3) is 5.91 Å². The van der Waals surface area contributed by atoms with Crippen LogP contribution in [0.25, 0.3) is 0 Å². The molecule has 0 radical (unpaired) electrons. The van der Waals surface area contributed by atoms with Crippen LogP contribution in [0.1, 0.15) is 32.6 Å². The zero-order valence-electron chi connectivity index (χ0n) is 13.1. The fraction of sp³-hybridized carbons (Fsp3) is 0.471. The van der Waals surface area contributed by atoms with Crippen LogP contribution in [-0.4, -0.2) is 30.4 Å². The fourth-order valence-corrected chi connectivity index (χ4v) is 2.93. The average Bonchev–Trinajstić information content (AvgIpc) is 2.57. The van der Waals surface area contributed by atoms with E-state index in [1.54, 1.807) is 23.1 Å². The summed E-state index contributed by atoms with van der Waals surface area (Å²) in [6.45, 7) is 1.52. The molecule has 0 unspecified atom stereocenters. The normalized spacial score (nSPS) is 20.8. The Morgan fingerprint density at radius 1 is 1.30 bits per heavy atom. The third kappa shape index (κ3) is 3.21. The Bertz CT molecular complexity index is 639. The molecule has 1 aromatic carbocycles. The molecule has 122 valence electrons. The summed E-state index contributed by atoms with van der Waals surface area (Å²) < 4.78 is 5.16. The lowest BCUT2D eigenvalue weighted by molar-refractivity contribution is -0.154. The molecule has 23 heavy (non-hydrogen) atoms. The minimum absolute atomic E-state index is 0.0557. The van der Waals surface area contributed by atoms with Crippen LogP contribution >= 0.6 is 0 Å². The number of hydrogen-bond acceptors (Lipinski definition) is 4. The van der Waals surface area contributed by atoms with Crippen LogP contribution in [0.5, 0.6) is 0 Å². The van der Waals surface area contributed by atoms with E-state index in [0.717, 1.165) is 19.3 Å². The molecule has 6 nitrogen and oxygen atoms in total. The summed E-state index contributed by atoms with van der Waals surface area (Å²) in [7, 11) is 0. The van der Waals surface area contributed by atoms with Gasteiger partial charge in [-0.2, -0.15) is 0 Å². The largest absolute Gasteiger partial charge is 0.455 e. The maximum absolute atomic E-state index is 12.6. The maximum Gasteiger partial charge on any atom is 0.309 e. The maximum atomic E-state index is 12.6. The van der Waals surface area contributed by atoms with E-state index in [0.29, 0.717) is 11.4 Å². The molecular weight excluding hydrogens is 296 g/mol. The van der Waals surface area contributed by atoms with E-state index in [-0.39, 0.29) is 42.8 Å². The molecule has 2 amide bonds. The molecule has 1 aliphatic carbocycles. The van der Waals surface area contributed by atoms with Gasteiger partial charge in [0.2, 0.25) is 5.91 Å². The summed E-state index contributed by atoms with van der Waals surface area (Å²) >= 11 is 0. The van der Waals surface area contributed by atoms with Gasteiger partial charge in [0, 0.05) is 12.5 Å². The second-order valence-electron chi connectivity index (χ2n) is 6.12. The minimum Gasteiger partial charge on any atom is -0.455 e. The summed E-state index contributed by atoms with van der Waals surface area (Å²) in [5.41, 5.74) is 1.23. The Labute approximate surface area is 134 Å². The first kappa shape index (κ1) is 15.5. The van der Waals surface area contributed by atoms with Crippen molar-refractivity contribution in [3.8, 4) is 0 Å². The number of ether oxygens (including phenoxy) is 1. The Kier molecular flexibility index (Phi) is 4.32. The summed E-state index contributed by atoms with van der Waals surface area (Å²) in [5, 5.41) is 2.80. The van der Waals surface area contributed by atoms with Gasteiger partial charge in [-0.3, -0.25) is 14.4 Å². The van der Waals surface area contributed by atoms with Crippen molar-refractivity contribution in [1.82, 2.24) is 0 Å². The van der Waals surface area contributed by atoms with Crippen LogP contribution in [-0.2, 0) is 19.1 Å². The predicted octanol–water partition coefficient (Wildman–Crippen LogP) is 2.09. The van der Waals surface area contributed by atoms with Crippen molar-refractivity contribution in [2.45, 2.75) is 38.6 Å². The first-order chi connectivity index (χ1) is 11.1. The average molecular weight is 316 g/mol. The molecule has 1 fully saturated rings. The van der Waals surface area contributed by atoms with Gasteiger partial charge in [-0.05, 0) is 31.9 Å². The molecule has 0 bridgehead atoms. The molecule has 3 rings (SSSR count). The van der Waals surface area contributed by atoms with E-state index < -0.39 is 0 Å². The van der Waals surface area contributed by atoms with Crippen molar-refractivity contribution in [3.63, 3.8) is 0 Å².